The summed E-state index contributed by atoms with van der Waals surface area (Å²) in [5, 5.41) is 15.9. The van der Waals surface area contributed by atoms with Gasteiger partial charge in [0, 0.05) is 35.7 Å². The Hall–Kier alpha value is -4.40. The van der Waals surface area contributed by atoms with Gasteiger partial charge in [0.05, 0.1) is 5.69 Å². The molecule has 0 unspecified atom stereocenters. The molecule has 1 aliphatic carbocycles. The number of pyridine rings is 1. The molecule has 2 aliphatic rings. The van der Waals surface area contributed by atoms with Crippen molar-refractivity contribution in [3.05, 3.63) is 111 Å². The first-order valence-corrected chi connectivity index (χ1v) is 13.1. The van der Waals surface area contributed by atoms with Gasteiger partial charge in [-0.3, -0.25) is 24.3 Å². The van der Waals surface area contributed by atoms with E-state index in [9.17, 15) is 9.18 Å². The molecule has 2 aromatic carbocycles. The minimum Gasteiger partial charge on any atom is -0.367 e. The molecule has 1 saturated carbocycles. The van der Waals surface area contributed by atoms with Crippen LogP contribution in [-0.4, -0.2) is 35.2 Å². The zero-order chi connectivity index (χ0) is 28.1. The molecule has 11 heteroatoms. The van der Waals surface area contributed by atoms with Crippen molar-refractivity contribution >= 4 is 27.2 Å². The van der Waals surface area contributed by atoms with Gasteiger partial charge in [0.15, 0.2) is 0 Å². The van der Waals surface area contributed by atoms with Crippen molar-refractivity contribution < 1.29 is 4.39 Å². The van der Waals surface area contributed by atoms with Crippen LogP contribution in [0.5, 0.6) is 0 Å². The molecule has 4 aromatic rings. The molecular formula is C29H26B2FN7O. The first-order valence-electron chi connectivity index (χ1n) is 13.1. The number of rotatable bonds is 6. The van der Waals surface area contributed by atoms with E-state index < -0.39 is 22.4 Å². The fourth-order valence-corrected chi connectivity index (χ4v) is 5.56. The van der Waals surface area contributed by atoms with Gasteiger partial charge >= 0.3 is 0 Å². The molecule has 2 aromatic heterocycles. The molecule has 2 atom stereocenters. The first kappa shape index (κ1) is 25.9. The molecule has 3 heterocycles. The second-order valence-corrected chi connectivity index (χ2v) is 10.3. The predicted molar refractivity (Wildman–Crippen MR) is 152 cm³/mol. The molecule has 1 fully saturated rings. The fraction of sp³-hybridized carbons (Fsp3) is 0.241. The Morgan fingerprint density at radius 2 is 1.80 bits per heavy atom. The van der Waals surface area contributed by atoms with Crippen molar-refractivity contribution in [2.75, 3.05) is 5.32 Å². The van der Waals surface area contributed by atoms with E-state index in [4.69, 9.17) is 21.1 Å². The summed E-state index contributed by atoms with van der Waals surface area (Å²) in [4.78, 5) is 22.3. The van der Waals surface area contributed by atoms with Crippen LogP contribution in [-0.2, 0) is 19.0 Å². The molecule has 40 heavy (non-hydrogen) atoms. The Morgan fingerprint density at radius 3 is 2.52 bits per heavy atom. The van der Waals surface area contributed by atoms with Gasteiger partial charge < -0.3 is 10.6 Å². The minimum absolute atomic E-state index is 0.0583. The third kappa shape index (κ3) is 4.16. The zero-order valence-corrected chi connectivity index (χ0v) is 22.0. The topological polar surface area (TPSA) is 100 Å². The summed E-state index contributed by atoms with van der Waals surface area (Å²) < 4.78 is 16.6. The number of fused-ring (bicyclic) bond motifs is 3. The van der Waals surface area contributed by atoms with Crippen molar-refractivity contribution in [2.24, 2.45) is 12.0 Å². The maximum atomic E-state index is 13.7. The van der Waals surface area contributed by atoms with E-state index in [1.807, 2.05) is 54.6 Å². The average Bonchev–Trinajstić information content (AvgIpc) is 3.36. The van der Waals surface area contributed by atoms with Crippen molar-refractivity contribution in [1.82, 2.24) is 19.4 Å². The number of para-hydroxylation sites is 1. The highest BCUT2D eigenvalue weighted by Gasteiger charge is 2.53. The van der Waals surface area contributed by atoms with Gasteiger partial charge in [-0.1, -0.05) is 55.0 Å². The number of hydrogen-bond donors (Lipinski definition) is 3. The monoisotopic (exact) mass is 529 g/mol. The lowest BCUT2D eigenvalue weighted by Gasteiger charge is -2.35. The smallest absolute Gasteiger partial charge is 0.267 e. The van der Waals surface area contributed by atoms with Gasteiger partial charge in [0.2, 0.25) is 11.6 Å². The van der Waals surface area contributed by atoms with Gasteiger partial charge in [0.25, 0.3) is 5.56 Å². The highest BCUT2D eigenvalue weighted by atomic mass is 19.1. The second-order valence-electron chi connectivity index (χ2n) is 10.3. The summed E-state index contributed by atoms with van der Waals surface area (Å²) in [6.45, 7) is 0.343. The van der Waals surface area contributed by atoms with Crippen LogP contribution in [0, 0.1) is 11.4 Å². The van der Waals surface area contributed by atoms with Crippen LogP contribution >= 0.6 is 0 Å². The molecule has 0 bridgehead atoms. The molecule has 0 amide bonds. The van der Waals surface area contributed by atoms with E-state index in [2.05, 4.69) is 20.6 Å². The largest absolute Gasteiger partial charge is 0.367 e. The Morgan fingerprint density at radius 1 is 1.05 bits per heavy atom. The van der Waals surface area contributed by atoms with Gasteiger partial charge in [-0.25, -0.2) is 4.98 Å². The predicted octanol–water partition coefficient (Wildman–Crippen LogP) is 1.34. The summed E-state index contributed by atoms with van der Waals surface area (Å²) in [5.41, 5.74) is 0.643. The first-order chi connectivity index (χ1) is 19.2. The third-order valence-corrected chi connectivity index (χ3v) is 7.77. The lowest BCUT2D eigenvalue weighted by Crippen LogP contribution is -2.64. The Balaban J connectivity index is 1.44. The van der Waals surface area contributed by atoms with Gasteiger partial charge in [-0.15, -0.1) is 0 Å². The number of nitrogens with one attached hydrogen (secondary N) is 3. The lowest BCUT2D eigenvalue weighted by molar-refractivity contribution is 0.372. The lowest BCUT2D eigenvalue weighted by atomic mass is 9.57. The second kappa shape index (κ2) is 9.66. The van der Waals surface area contributed by atoms with Crippen LogP contribution in [0.1, 0.15) is 24.8 Å². The Bertz CT molecular complexity index is 1860. The number of anilines is 1. The van der Waals surface area contributed by atoms with E-state index in [1.54, 1.807) is 23.7 Å². The molecule has 6 rings (SSSR count). The average molecular weight is 529 g/mol. The summed E-state index contributed by atoms with van der Waals surface area (Å²) in [5.74, 6) is -0.176. The molecule has 1 aliphatic heterocycles. The summed E-state index contributed by atoms with van der Waals surface area (Å²) in [6, 6.07) is 21.6. The number of benzene rings is 2. The summed E-state index contributed by atoms with van der Waals surface area (Å²) in [7, 11) is 15.0. The van der Waals surface area contributed by atoms with Crippen molar-refractivity contribution in [2.45, 2.75) is 36.7 Å². The molecule has 0 spiro atoms. The number of halogens is 1. The van der Waals surface area contributed by atoms with Crippen LogP contribution in [0.3, 0.4) is 0 Å². The molecule has 196 valence electrons. The molecule has 0 saturated heterocycles. The number of aromatic nitrogens is 3. The summed E-state index contributed by atoms with van der Waals surface area (Å²) in [6.07, 6.45) is 1.90. The van der Waals surface area contributed by atoms with Gasteiger partial charge in [0.1, 0.15) is 32.2 Å². The highest BCUT2D eigenvalue weighted by molar-refractivity contribution is 6.26. The maximum absolute atomic E-state index is 13.7. The van der Waals surface area contributed by atoms with E-state index in [1.165, 1.54) is 10.6 Å². The minimum atomic E-state index is -1.10. The number of hydrogen-bond acceptors (Lipinski definition) is 6. The van der Waals surface area contributed by atoms with Crippen molar-refractivity contribution in [1.29, 1.82) is 5.41 Å². The van der Waals surface area contributed by atoms with E-state index in [0.29, 0.717) is 36.5 Å². The quantitative estimate of drug-likeness (QED) is 0.260. The van der Waals surface area contributed by atoms with Crippen LogP contribution in [0.25, 0.3) is 17.1 Å². The maximum Gasteiger partial charge on any atom is 0.267 e. The Labute approximate surface area is 232 Å². The van der Waals surface area contributed by atoms with Crippen molar-refractivity contribution in [3.8, 4) is 11.3 Å². The standard InChI is InChI=1S/C29H26B2FN7O/c1-38-26(40)23(24(33)39-27(38)37-28(30)15-6-16-29(28,39)31)25(35-20-7-3-2-4-8-20)34-17-18-11-13-19(14-12-18)21-9-5-10-22(32)36-21/h2-5,7-14,33-35H,6,15-17H2,1H3/b25-23-,33-24?/t28-,29+/m1/s1. The third-order valence-electron chi connectivity index (χ3n) is 7.77. The Kier molecular flexibility index (Phi) is 6.24. The number of nitrogens with zero attached hydrogens (tertiary/aromatic N) is 4. The van der Waals surface area contributed by atoms with E-state index in [-0.39, 0.29) is 10.7 Å². The highest BCUT2D eigenvalue weighted by Crippen LogP contribution is 2.43. The molecule has 8 nitrogen and oxygen atoms in total. The normalized spacial score (nSPS) is 21.8. The van der Waals surface area contributed by atoms with Crippen LogP contribution in [0.4, 0.5) is 10.1 Å². The van der Waals surface area contributed by atoms with Crippen molar-refractivity contribution in [3.63, 3.8) is 0 Å². The summed E-state index contributed by atoms with van der Waals surface area (Å²) >= 11 is 0. The van der Waals surface area contributed by atoms with Crippen LogP contribution < -0.4 is 32.5 Å². The molecule has 4 radical (unpaired) electrons. The SMILES string of the molecule is [B][C@@]12CCC[C@]1([B])n1c(=N)/c(=C(\NCc3ccc(-c4cccc(F)n4)cc3)Nc3ccccc3)c(=O)n(C)c1=N2. The molecular weight excluding hydrogens is 503 g/mol. The van der Waals surface area contributed by atoms with E-state index >= 15 is 0 Å². The van der Waals surface area contributed by atoms with E-state index in [0.717, 1.165) is 23.2 Å². The van der Waals surface area contributed by atoms with Crippen LogP contribution in [0.2, 0.25) is 0 Å². The fourth-order valence-electron chi connectivity index (χ4n) is 5.56. The van der Waals surface area contributed by atoms with Crippen LogP contribution in [0.15, 0.2) is 82.6 Å². The van der Waals surface area contributed by atoms with Gasteiger partial charge in [-0.2, -0.15) is 4.39 Å². The van der Waals surface area contributed by atoms with Gasteiger partial charge in [-0.05, 0) is 42.7 Å². The zero-order valence-electron chi connectivity index (χ0n) is 22.0. The molecule has 3 N–H and O–H groups in total.